The number of nitrogens with zero attached hydrogens (tertiary/aromatic N) is 3. The molecule has 3 heteroatoms. The van der Waals surface area contributed by atoms with Crippen LogP contribution in [0.25, 0.3) is 67.0 Å². The number of benzene rings is 5. The Morgan fingerprint density at radius 2 is 1.30 bits per heavy atom. The second-order valence-corrected chi connectivity index (χ2v) is 10.6. The van der Waals surface area contributed by atoms with Gasteiger partial charge in [0.2, 0.25) is 0 Å². The Morgan fingerprint density at radius 3 is 2.14 bits per heavy atom. The van der Waals surface area contributed by atoms with Gasteiger partial charge in [-0.2, -0.15) is 0 Å². The van der Waals surface area contributed by atoms with Gasteiger partial charge in [0.15, 0.2) is 5.82 Å². The number of aromatic nitrogens is 3. The van der Waals surface area contributed by atoms with E-state index >= 15 is 0 Å². The Kier molecular flexibility index (Phi) is 7.42. The van der Waals surface area contributed by atoms with Crippen molar-refractivity contribution in [2.24, 2.45) is 0 Å². The third-order valence-corrected chi connectivity index (χ3v) is 7.74. The van der Waals surface area contributed by atoms with Crippen LogP contribution in [0, 0.1) is 0 Å². The average molecular weight is 564 g/mol. The molecular formula is C41H29N3. The van der Waals surface area contributed by atoms with Crippen molar-refractivity contribution in [1.82, 2.24) is 15.0 Å². The Bertz CT molecular complexity index is 2180. The van der Waals surface area contributed by atoms with Crippen LogP contribution < -0.4 is 0 Å². The van der Waals surface area contributed by atoms with Crippen molar-refractivity contribution in [3.8, 4) is 33.8 Å². The van der Waals surface area contributed by atoms with Crippen LogP contribution in [0.4, 0.5) is 0 Å². The lowest BCUT2D eigenvalue weighted by atomic mass is 9.99. The Labute approximate surface area is 257 Å². The fraction of sp³-hybridized carbons (Fsp3) is 0. The first-order valence-electron chi connectivity index (χ1n) is 14.6. The largest absolute Gasteiger partial charge is 0.264 e. The minimum atomic E-state index is 0.690. The molecule has 44 heavy (non-hydrogen) atoms. The van der Waals surface area contributed by atoms with Crippen LogP contribution in [0.15, 0.2) is 165 Å². The van der Waals surface area contributed by atoms with E-state index in [4.69, 9.17) is 9.97 Å². The van der Waals surface area contributed by atoms with Gasteiger partial charge in [0.05, 0.1) is 11.4 Å². The van der Waals surface area contributed by atoms with E-state index in [1.54, 1.807) is 6.20 Å². The van der Waals surface area contributed by atoms with Crippen molar-refractivity contribution in [2.75, 3.05) is 0 Å². The van der Waals surface area contributed by atoms with Crippen molar-refractivity contribution >= 4 is 33.2 Å². The lowest BCUT2D eigenvalue weighted by Gasteiger charge is -2.10. The minimum Gasteiger partial charge on any atom is -0.264 e. The summed E-state index contributed by atoms with van der Waals surface area (Å²) in [5, 5.41) is 4.68. The van der Waals surface area contributed by atoms with Gasteiger partial charge >= 0.3 is 0 Å². The number of rotatable bonds is 7. The lowest BCUT2D eigenvalue weighted by Crippen LogP contribution is -1.96. The Hall–Kier alpha value is -5.93. The van der Waals surface area contributed by atoms with E-state index in [0.29, 0.717) is 5.82 Å². The second-order valence-electron chi connectivity index (χ2n) is 10.6. The molecule has 0 unspecified atom stereocenters. The zero-order chi connectivity index (χ0) is 29.7. The molecule has 0 aliphatic carbocycles. The molecule has 7 rings (SSSR count). The number of fused-ring (bicyclic) bond motifs is 2. The highest BCUT2D eigenvalue weighted by Gasteiger charge is 2.11. The molecule has 0 N–H and O–H groups in total. The van der Waals surface area contributed by atoms with Gasteiger partial charge in [0, 0.05) is 29.1 Å². The quantitative estimate of drug-likeness (QED) is 0.181. The van der Waals surface area contributed by atoms with E-state index < -0.39 is 0 Å². The summed E-state index contributed by atoms with van der Waals surface area (Å²) >= 11 is 0. The van der Waals surface area contributed by atoms with Crippen LogP contribution in [-0.4, -0.2) is 15.0 Å². The van der Waals surface area contributed by atoms with E-state index in [1.807, 2.05) is 42.6 Å². The summed E-state index contributed by atoms with van der Waals surface area (Å²) in [4.78, 5) is 14.4. The lowest BCUT2D eigenvalue weighted by molar-refractivity contribution is 1.17. The Morgan fingerprint density at radius 1 is 0.591 bits per heavy atom. The molecule has 0 amide bonds. The molecule has 0 radical (unpaired) electrons. The van der Waals surface area contributed by atoms with Crippen molar-refractivity contribution in [3.05, 3.63) is 176 Å². The fourth-order valence-corrected chi connectivity index (χ4v) is 5.55. The SMILES string of the molecule is C=C(/C=C\C=C\c1cc(-c2cccc(-c3cccnc3)c2)nc(-c2cccc3ccccc23)n1)c1cccc2ccccc12. The fourth-order valence-electron chi connectivity index (χ4n) is 5.55. The number of hydrogen-bond acceptors (Lipinski definition) is 3. The van der Waals surface area contributed by atoms with Crippen LogP contribution in [0.2, 0.25) is 0 Å². The molecule has 7 aromatic rings. The highest BCUT2D eigenvalue weighted by molar-refractivity contribution is 5.96. The second kappa shape index (κ2) is 12.1. The van der Waals surface area contributed by atoms with Gasteiger partial charge in [-0.25, -0.2) is 9.97 Å². The zero-order valence-electron chi connectivity index (χ0n) is 24.1. The molecule has 0 saturated heterocycles. The molecule has 0 aliphatic rings. The van der Waals surface area contributed by atoms with E-state index in [-0.39, 0.29) is 0 Å². The molecule has 0 saturated carbocycles. The van der Waals surface area contributed by atoms with Crippen LogP contribution >= 0.6 is 0 Å². The molecule has 0 bridgehead atoms. The van der Waals surface area contributed by atoms with E-state index in [2.05, 4.69) is 127 Å². The van der Waals surface area contributed by atoms with Crippen molar-refractivity contribution < 1.29 is 0 Å². The van der Waals surface area contributed by atoms with Gasteiger partial charge in [-0.1, -0.05) is 134 Å². The van der Waals surface area contributed by atoms with Gasteiger partial charge in [-0.15, -0.1) is 0 Å². The standard InChI is InChI=1S/C41H29N3/c1-29(36-23-9-15-30-13-3-6-21-37(30)36)12-2-5-20-35-27-40(33-18-8-17-32(26-33)34-19-11-25-42-28-34)44-41(43-35)39-24-10-16-31-14-4-7-22-38(31)39/h2-28H,1H2/b12-2-,20-5+. The van der Waals surface area contributed by atoms with E-state index in [9.17, 15) is 0 Å². The first-order valence-corrected chi connectivity index (χ1v) is 14.6. The predicted molar refractivity (Wildman–Crippen MR) is 185 cm³/mol. The van der Waals surface area contributed by atoms with Crippen molar-refractivity contribution in [1.29, 1.82) is 0 Å². The van der Waals surface area contributed by atoms with Gasteiger partial charge in [0.25, 0.3) is 0 Å². The summed E-state index contributed by atoms with van der Waals surface area (Å²) < 4.78 is 0. The average Bonchev–Trinajstić information content (AvgIpc) is 3.10. The molecular weight excluding hydrogens is 534 g/mol. The third-order valence-electron chi connectivity index (χ3n) is 7.74. The molecule has 0 fully saturated rings. The summed E-state index contributed by atoms with van der Waals surface area (Å²) in [6, 6.07) is 43.8. The topological polar surface area (TPSA) is 38.7 Å². The van der Waals surface area contributed by atoms with Gasteiger partial charge < -0.3 is 0 Å². The molecule has 3 nitrogen and oxygen atoms in total. The maximum absolute atomic E-state index is 5.09. The summed E-state index contributed by atoms with van der Waals surface area (Å²) in [6.45, 7) is 4.34. The van der Waals surface area contributed by atoms with E-state index in [1.165, 1.54) is 10.8 Å². The number of allylic oxidation sites excluding steroid dienone is 4. The molecule has 208 valence electrons. The van der Waals surface area contributed by atoms with Crippen LogP contribution in [0.1, 0.15) is 11.3 Å². The summed E-state index contributed by atoms with van der Waals surface area (Å²) in [5.41, 5.74) is 7.94. The molecule has 0 spiro atoms. The summed E-state index contributed by atoms with van der Waals surface area (Å²) in [6.07, 6.45) is 11.8. The first-order chi connectivity index (χ1) is 21.7. The van der Waals surface area contributed by atoms with Crippen molar-refractivity contribution in [2.45, 2.75) is 0 Å². The van der Waals surface area contributed by atoms with Gasteiger partial charge in [-0.3, -0.25) is 4.98 Å². The molecule has 2 aromatic heterocycles. The smallest absolute Gasteiger partial charge is 0.161 e. The Balaban J connectivity index is 1.27. The van der Waals surface area contributed by atoms with Gasteiger partial charge in [-0.05, 0) is 62.5 Å². The number of pyridine rings is 1. The highest BCUT2D eigenvalue weighted by Crippen LogP contribution is 2.31. The van der Waals surface area contributed by atoms with Crippen LogP contribution in [-0.2, 0) is 0 Å². The highest BCUT2D eigenvalue weighted by atomic mass is 14.9. The summed E-state index contributed by atoms with van der Waals surface area (Å²) in [5.74, 6) is 0.690. The number of hydrogen-bond donors (Lipinski definition) is 0. The van der Waals surface area contributed by atoms with Crippen LogP contribution in [0.3, 0.4) is 0 Å². The van der Waals surface area contributed by atoms with Crippen LogP contribution in [0.5, 0.6) is 0 Å². The predicted octanol–water partition coefficient (Wildman–Crippen LogP) is 10.5. The third kappa shape index (κ3) is 5.59. The summed E-state index contributed by atoms with van der Waals surface area (Å²) in [7, 11) is 0. The van der Waals surface area contributed by atoms with Gasteiger partial charge in [0.1, 0.15) is 0 Å². The normalized spacial score (nSPS) is 11.5. The molecule has 2 heterocycles. The molecule has 0 aliphatic heterocycles. The maximum Gasteiger partial charge on any atom is 0.161 e. The minimum absolute atomic E-state index is 0.690. The zero-order valence-corrected chi connectivity index (χ0v) is 24.1. The van der Waals surface area contributed by atoms with E-state index in [0.717, 1.165) is 55.6 Å². The molecule has 5 aromatic carbocycles. The monoisotopic (exact) mass is 563 g/mol. The first kappa shape index (κ1) is 26.9. The molecule has 0 atom stereocenters. The maximum atomic E-state index is 5.09. The van der Waals surface area contributed by atoms with Crippen molar-refractivity contribution in [3.63, 3.8) is 0 Å².